The monoisotopic (exact) mass is 255 g/mol. The summed E-state index contributed by atoms with van der Waals surface area (Å²) in [7, 11) is 0. The largest absolute Gasteiger partial charge is 0.368 e. The van der Waals surface area contributed by atoms with Gasteiger partial charge in [-0.05, 0) is 39.0 Å². The first kappa shape index (κ1) is 15.4. The predicted molar refractivity (Wildman–Crippen MR) is 75.3 cm³/mol. The van der Waals surface area contributed by atoms with Crippen molar-refractivity contribution in [1.82, 2.24) is 10.2 Å². The summed E-state index contributed by atoms with van der Waals surface area (Å²) in [6, 6.07) is 0.627. The van der Waals surface area contributed by atoms with Crippen molar-refractivity contribution >= 4 is 5.91 Å². The molecular formula is C14H29N3O. The van der Waals surface area contributed by atoms with Crippen LogP contribution in [0.3, 0.4) is 0 Å². The van der Waals surface area contributed by atoms with Gasteiger partial charge >= 0.3 is 0 Å². The van der Waals surface area contributed by atoms with Crippen LogP contribution in [-0.2, 0) is 4.79 Å². The second-order valence-electron chi connectivity index (χ2n) is 6.10. The van der Waals surface area contributed by atoms with E-state index in [0.717, 1.165) is 18.9 Å². The van der Waals surface area contributed by atoms with E-state index in [4.69, 9.17) is 5.73 Å². The zero-order valence-electron chi connectivity index (χ0n) is 12.3. The van der Waals surface area contributed by atoms with Crippen LogP contribution in [0, 0.1) is 5.92 Å². The standard InChI is InChI=1S/C14H29N3O/c1-10(2)16-13(14(15)18)7-8-17(11(3)4)9-12-5-6-12/h10-13,16H,5-9H2,1-4H3,(H2,15,18). The zero-order valence-corrected chi connectivity index (χ0v) is 12.3. The van der Waals surface area contributed by atoms with Crippen LogP contribution in [-0.4, -0.2) is 42.0 Å². The van der Waals surface area contributed by atoms with Crippen LogP contribution >= 0.6 is 0 Å². The summed E-state index contributed by atoms with van der Waals surface area (Å²) in [4.78, 5) is 13.9. The number of carbonyl (C=O) groups is 1. The summed E-state index contributed by atoms with van der Waals surface area (Å²) in [6.07, 6.45) is 3.54. The first-order valence-corrected chi connectivity index (χ1v) is 7.19. The molecule has 1 atom stereocenters. The van der Waals surface area contributed by atoms with Gasteiger partial charge in [-0.3, -0.25) is 4.79 Å². The topological polar surface area (TPSA) is 58.4 Å². The summed E-state index contributed by atoms with van der Waals surface area (Å²) < 4.78 is 0. The molecular weight excluding hydrogens is 226 g/mol. The zero-order chi connectivity index (χ0) is 13.7. The number of primary amides is 1. The maximum atomic E-state index is 11.4. The van der Waals surface area contributed by atoms with E-state index < -0.39 is 0 Å². The summed E-state index contributed by atoms with van der Waals surface area (Å²) in [5.41, 5.74) is 5.44. The van der Waals surface area contributed by atoms with E-state index in [9.17, 15) is 4.79 Å². The van der Waals surface area contributed by atoms with Crippen molar-refractivity contribution in [3.8, 4) is 0 Å². The second-order valence-corrected chi connectivity index (χ2v) is 6.10. The molecule has 106 valence electrons. The average Bonchev–Trinajstić information content (AvgIpc) is 3.04. The normalized spacial score (nSPS) is 17.7. The quantitative estimate of drug-likeness (QED) is 0.654. The van der Waals surface area contributed by atoms with Crippen molar-refractivity contribution in [2.24, 2.45) is 11.7 Å². The minimum absolute atomic E-state index is 0.203. The molecule has 4 nitrogen and oxygen atoms in total. The highest BCUT2D eigenvalue weighted by atomic mass is 16.1. The van der Waals surface area contributed by atoms with Gasteiger partial charge in [0.25, 0.3) is 0 Å². The van der Waals surface area contributed by atoms with Gasteiger partial charge in [0.15, 0.2) is 0 Å². The highest BCUT2D eigenvalue weighted by Gasteiger charge is 2.26. The molecule has 1 rings (SSSR count). The van der Waals surface area contributed by atoms with E-state index in [1.54, 1.807) is 0 Å². The Morgan fingerprint density at radius 2 is 1.94 bits per heavy atom. The Labute approximate surface area is 111 Å². The van der Waals surface area contributed by atoms with Gasteiger partial charge in [-0.25, -0.2) is 0 Å². The third kappa shape index (κ3) is 5.83. The Kier molecular flexibility index (Phi) is 6.09. The summed E-state index contributed by atoms with van der Waals surface area (Å²) in [5, 5.41) is 3.24. The molecule has 4 heteroatoms. The summed E-state index contributed by atoms with van der Waals surface area (Å²) >= 11 is 0. The Balaban J connectivity index is 2.39. The van der Waals surface area contributed by atoms with Gasteiger partial charge in [0.1, 0.15) is 0 Å². The molecule has 1 aliphatic rings. The van der Waals surface area contributed by atoms with E-state index >= 15 is 0 Å². The van der Waals surface area contributed by atoms with Gasteiger partial charge in [-0.2, -0.15) is 0 Å². The number of amides is 1. The van der Waals surface area contributed by atoms with Crippen molar-refractivity contribution in [1.29, 1.82) is 0 Å². The summed E-state index contributed by atoms with van der Waals surface area (Å²) in [6.45, 7) is 10.6. The molecule has 0 aliphatic heterocycles. The third-order valence-electron chi connectivity index (χ3n) is 3.50. The third-order valence-corrected chi connectivity index (χ3v) is 3.50. The highest BCUT2D eigenvalue weighted by molar-refractivity contribution is 5.79. The fraction of sp³-hybridized carbons (Fsp3) is 0.929. The van der Waals surface area contributed by atoms with E-state index in [-0.39, 0.29) is 11.9 Å². The molecule has 3 N–H and O–H groups in total. The van der Waals surface area contributed by atoms with E-state index in [1.807, 2.05) is 13.8 Å². The van der Waals surface area contributed by atoms with Crippen LogP contribution in [0.15, 0.2) is 0 Å². The molecule has 0 saturated heterocycles. The molecule has 1 saturated carbocycles. The van der Waals surface area contributed by atoms with Gasteiger partial charge < -0.3 is 16.0 Å². The maximum absolute atomic E-state index is 11.4. The lowest BCUT2D eigenvalue weighted by molar-refractivity contribution is -0.120. The number of nitrogens with two attached hydrogens (primary N) is 1. The molecule has 0 heterocycles. The smallest absolute Gasteiger partial charge is 0.234 e. The Morgan fingerprint density at radius 3 is 2.33 bits per heavy atom. The molecule has 18 heavy (non-hydrogen) atoms. The Hall–Kier alpha value is -0.610. The van der Waals surface area contributed by atoms with Gasteiger partial charge in [0.2, 0.25) is 5.91 Å². The average molecular weight is 255 g/mol. The number of rotatable bonds is 9. The van der Waals surface area contributed by atoms with E-state index in [0.29, 0.717) is 12.1 Å². The summed E-state index contributed by atoms with van der Waals surface area (Å²) in [5.74, 6) is 0.649. The molecule has 0 radical (unpaired) electrons. The van der Waals surface area contributed by atoms with Gasteiger partial charge in [0, 0.05) is 25.2 Å². The van der Waals surface area contributed by atoms with Crippen LogP contribution in [0.25, 0.3) is 0 Å². The van der Waals surface area contributed by atoms with Crippen molar-refractivity contribution < 1.29 is 4.79 Å². The van der Waals surface area contributed by atoms with Crippen molar-refractivity contribution in [2.45, 2.75) is 65.1 Å². The lowest BCUT2D eigenvalue weighted by Gasteiger charge is -2.28. The number of nitrogens with one attached hydrogen (secondary N) is 1. The Bertz CT molecular complexity index is 262. The van der Waals surface area contributed by atoms with Gasteiger partial charge in [-0.15, -0.1) is 0 Å². The first-order valence-electron chi connectivity index (χ1n) is 7.19. The Morgan fingerprint density at radius 1 is 1.33 bits per heavy atom. The predicted octanol–water partition coefficient (Wildman–Crippen LogP) is 1.35. The van der Waals surface area contributed by atoms with Gasteiger partial charge in [0.05, 0.1) is 6.04 Å². The van der Waals surface area contributed by atoms with Crippen LogP contribution in [0.5, 0.6) is 0 Å². The first-order chi connectivity index (χ1) is 8.40. The molecule has 1 aliphatic carbocycles. The molecule has 0 aromatic heterocycles. The fourth-order valence-corrected chi connectivity index (χ4v) is 2.20. The number of carbonyl (C=O) groups excluding carboxylic acids is 1. The van der Waals surface area contributed by atoms with Crippen LogP contribution < -0.4 is 11.1 Å². The van der Waals surface area contributed by atoms with E-state index in [2.05, 4.69) is 24.1 Å². The lowest BCUT2D eigenvalue weighted by Crippen LogP contribution is -2.47. The number of nitrogens with zero attached hydrogens (tertiary/aromatic N) is 1. The van der Waals surface area contributed by atoms with E-state index in [1.165, 1.54) is 19.4 Å². The molecule has 1 fully saturated rings. The minimum atomic E-state index is -0.237. The fourth-order valence-electron chi connectivity index (χ4n) is 2.20. The van der Waals surface area contributed by atoms with Crippen LogP contribution in [0.2, 0.25) is 0 Å². The van der Waals surface area contributed by atoms with Crippen LogP contribution in [0.1, 0.15) is 47.0 Å². The molecule has 1 unspecified atom stereocenters. The lowest BCUT2D eigenvalue weighted by atomic mass is 10.1. The second kappa shape index (κ2) is 7.10. The molecule has 0 aromatic rings. The van der Waals surface area contributed by atoms with Gasteiger partial charge in [-0.1, -0.05) is 13.8 Å². The maximum Gasteiger partial charge on any atom is 0.234 e. The molecule has 0 bridgehead atoms. The van der Waals surface area contributed by atoms with Crippen molar-refractivity contribution in [3.05, 3.63) is 0 Å². The highest BCUT2D eigenvalue weighted by Crippen LogP contribution is 2.30. The SMILES string of the molecule is CC(C)NC(CCN(CC1CC1)C(C)C)C(N)=O. The molecule has 0 spiro atoms. The number of hydrogen-bond acceptors (Lipinski definition) is 3. The molecule has 1 amide bonds. The van der Waals surface area contributed by atoms with Crippen LogP contribution in [0.4, 0.5) is 0 Å². The van der Waals surface area contributed by atoms with Crippen molar-refractivity contribution in [3.63, 3.8) is 0 Å². The molecule has 0 aromatic carbocycles. The minimum Gasteiger partial charge on any atom is -0.368 e. The van der Waals surface area contributed by atoms with Crippen molar-refractivity contribution in [2.75, 3.05) is 13.1 Å². The number of hydrogen-bond donors (Lipinski definition) is 2.